The van der Waals surface area contributed by atoms with Crippen LogP contribution in [-0.4, -0.2) is 68.3 Å². The van der Waals surface area contributed by atoms with Gasteiger partial charge in [0.2, 0.25) is 5.95 Å². The van der Waals surface area contributed by atoms with Crippen LogP contribution in [0.1, 0.15) is 70.3 Å². The van der Waals surface area contributed by atoms with E-state index in [0.29, 0.717) is 43.7 Å². The number of halogens is 5. The number of hydrogen-bond donors (Lipinski definition) is 4. The van der Waals surface area contributed by atoms with Crippen molar-refractivity contribution in [2.75, 3.05) is 29.0 Å². The van der Waals surface area contributed by atoms with Gasteiger partial charge in [0.1, 0.15) is 0 Å². The monoisotopic (exact) mass is 689 g/mol. The van der Waals surface area contributed by atoms with Crippen LogP contribution in [0.5, 0.6) is 5.75 Å². The number of imidazole rings is 1. The molecule has 2 saturated carbocycles. The molecule has 3 fully saturated rings. The van der Waals surface area contributed by atoms with Crippen molar-refractivity contribution in [2.24, 2.45) is 5.73 Å². The van der Waals surface area contributed by atoms with Crippen LogP contribution in [0.2, 0.25) is 0 Å². The van der Waals surface area contributed by atoms with Gasteiger partial charge in [0.25, 0.3) is 0 Å². The molecular formula is C29H40Cl2F3N9O3. The first-order chi connectivity index (χ1) is 21.2. The number of hydrogen-bond acceptors (Lipinski definition) is 10. The predicted molar refractivity (Wildman–Crippen MR) is 173 cm³/mol. The smallest absolute Gasteiger partial charge is 0.404 e. The standard InChI is InChI=1S/C29H38F3N9O3.2ClH/c30-29(31,32)43-23-8-4-3-7-22(23)37-28(42)44-40-15-13-20(14-16-40)35-25-24-26(41(17-34-24)21-5-1-2-6-21)39-27(38-25)36-19-11-9-18(33)10-12-19;;/h3-4,7-8,17-21H,1-2,5-6,9-16,33H2,(H,37,42)(H2,35,36,38,39);2*1H/t18-,19-;;. The Balaban J connectivity index is 0.00000240. The lowest BCUT2D eigenvalue weighted by Gasteiger charge is -2.31. The fourth-order valence-corrected chi connectivity index (χ4v) is 6.30. The molecule has 3 aromatic rings. The molecule has 2 aliphatic carbocycles. The number of nitrogens with two attached hydrogens (primary N) is 1. The average molecular weight is 691 g/mol. The number of nitrogens with one attached hydrogen (secondary N) is 3. The van der Waals surface area contributed by atoms with Crippen molar-refractivity contribution in [2.45, 2.75) is 94.7 Å². The maximum absolute atomic E-state index is 12.7. The molecule has 0 bridgehead atoms. The molecule has 6 rings (SSSR count). The van der Waals surface area contributed by atoms with Gasteiger partial charge >= 0.3 is 12.5 Å². The largest absolute Gasteiger partial charge is 0.573 e. The summed E-state index contributed by atoms with van der Waals surface area (Å²) in [5, 5.41) is 10.9. The van der Waals surface area contributed by atoms with Gasteiger partial charge in [-0.05, 0) is 63.5 Å². The highest BCUT2D eigenvalue weighted by Crippen LogP contribution is 2.34. The molecule has 1 amide bonds. The third kappa shape index (κ3) is 8.96. The van der Waals surface area contributed by atoms with Crippen molar-refractivity contribution in [3.63, 3.8) is 0 Å². The number of rotatable bonds is 8. The van der Waals surface area contributed by atoms with Gasteiger partial charge in [-0.25, -0.2) is 9.78 Å². The second kappa shape index (κ2) is 15.5. The van der Waals surface area contributed by atoms with Crippen molar-refractivity contribution < 1.29 is 27.5 Å². The first-order valence-electron chi connectivity index (χ1n) is 15.3. The van der Waals surface area contributed by atoms with E-state index in [9.17, 15) is 18.0 Å². The number of alkyl halides is 3. The van der Waals surface area contributed by atoms with Crippen molar-refractivity contribution in [1.82, 2.24) is 24.6 Å². The van der Waals surface area contributed by atoms with E-state index in [2.05, 4.69) is 25.3 Å². The lowest BCUT2D eigenvalue weighted by molar-refractivity contribution is -0.274. The minimum absolute atomic E-state index is 0. The molecular weight excluding hydrogens is 650 g/mol. The van der Waals surface area contributed by atoms with Gasteiger partial charge in [0.05, 0.1) is 12.0 Å². The Morgan fingerprint density at radius 3 is 2.28 bits per heavy atom. The molecule has 17 heteroatoms. The van der Waals surface area contributed by atoms with Crippen LogP contribution in [0.15, 0.2) is 30.6 Å². The van der Waals surface area contributed by atoms with Crippen molar-refractivity contribution in [1.29, 1.82) is 0 Å². The highest BCUT2D eigenvalue weighted by molar-refractivity contribution is 5.87. The number of ether oxygens (including phenoxy) is 1. The molecule has 3 heterocycles. The highest BCUT2D eigenvalue weighted by atomic mass is 35.5. The Morgan fingerprint density at radius 2 is 1.59 bits per heavy atom. The third-order valence-electron chi connectivity index (χ3n) is 8.60. The second-order valence-corrected chi connectivity index (χ2v) is 11.8. The Morgan fingerprint density at radius 1 is 0.913 bits per heavy atom. The Labute approximate surface area is 277 Å². The minimum Gasteiger partial charge on any atom is -0.404 e. The number of nitrogens with zero attached hydrogens (tertiary/aromatic N) is 5. The van der Waals surface area contributed by atoms with Crippen LogP contribution in [0.3, 0.4) is 0 Å². The number of aromatic nitrogens is 4. The third-order valence-corrected chi connectivity index (χ3v) is 8.60. The van der Waals surface area contributed by atoms with Crippen LogP contribution in [0.4, 0.5) is 35.4 Å². The molecule has 254 valence electrons. The molecule has 1 aliphatic heterocycles. The summed E-state index contributed by atoms with van der Waals surface area (Å²) in [7, 11) is 0. The van der Waals surface area contributed by atoms with E-state index in [0.717, 1.165) is 55.8 Å². The number of fused-ring (bicyclic) bond motifs is 1. The normalized spacial score (nSPS) is 21.2. The fourth-order valence-electron chi connectivity index (χ4n) is 6.30. The molecule has 3 aliphatic rings. The molecule has 2 aromatic heterocycles. The summed E-state index contributed by atoms with van der Waals surface area (Å²) < 4.78 is 44.3. The first kappa shape index (κ1) is 35.6. The van der Waals surface area contributed by atoms with E-state index < -0.39 is 18.2 Å². The van der Waals surface area contributed by atoms with Crippen LogP contribution < -0.4 is 26.4 Å². The van der Waals surface area contributed by atoms with Gasteiger partial charge in [-0.15, -0.1) is 43.0 Å². The Bertz CT molecular complexity index is 1440. The predicted octanol–water partition coefficient (Wildman–Crippen LogP) is 6.41. The summed E-state index contributed by atoms with van der Waals surface area (Å²) in [5.41, 5.74) is 7.51. The number of para-hydroxylation sites is 2. The molecule has 1 saturated heterocycles. The van der Waals surface area contributed by atoms with E-state index in [1.165, 1.54) is 36.1 Å². The second-order valence-electron chi connectivity index (χ2n) is 11.8. The molecule has 1 aromatic carbocycles. The maximum atomic E-state index is 12.7. The van der Waals surface area contributed by atoms with E-state index in [-0.39, 0.29) is 48.6 Å². The van der Waals surface area contributed by atoms with Gasteiger partial charge in [-0.2, -0.15) is 9.97 Å². The number of carbonyl (C=O) groups is 1. The number of carbonyl (C=O) groups excluding carboxylic acids is 1. The average Bonchev–Trinajstić information content (AvgIpc) is 3.66. The van der Waals surface area contributed by atoms with Gasteiger partial charge in [0, 0.05) is 37.3 Å². The van der Waals surface area contributed by atoms with E-state index >= 15 is 0 Å². The molecule has 12 nitrogen and oxygen atoms in total. The lowest BCUT2D eigenvalue weighted by Crippen LogP contribution is -2.41. The summed E-state index contributed by atoms with van der Waals surface area (Å²) in [6.07, 6.45) is 5.85. The Hall–Kier alpha value is -3.27. The zero-order valence-electron chi connectivity index (χ0n) is 25.2. The van der Waals surface area contributed by atoms with E-state index in [4.69, 9.17) is 25.5 Å². The fraction of sp³-hybridized carbons (Fsp3) is 0.586. The Kier molecular flexibility index (Phi) is 12.0. The summed E-state index contributed by atoms with van der Waals surface area (Å²) in [6.45, 7) is 0.841. The van der Waals surface area contributed by atoms with Crippen LogP contribution in [0, 0.1) is 0 Å². The van der Waals surface area contributed by atoms with Crippen molar-refractivity contribution >= 4 is 59.5 Å². The highest BCUT2D eigenvalue weighted by Gasteiger charge is 2.33. The minimum atomic E-state index is -4.89. The zero-order chi connectivity index (χ0) is 30.7. The van der Waals surface area contributed by atoms with Gasteiger partial charge in [0.15, 0.2) is 22.7 Å². The number of benzene rings is 1. The van der Waals surface area contributed by atoms with E-state index in [1.54, 1.807) is 0 Å². The molecule has 46 heavy (non-hydrogen) atoms. The molecule has 0 radical (unpaired) electrons. The summed E-state index contributed by atoms with van der Waals surface area (Å²) in [4.78, 5) is 32.3. The van der Waals surface area contributed by atoms with Gasteiger partial charge < -0.3 is 30.5 Å². The molecule has 0 spiro atoms. The van der Waals surface area contributed by atoms with Crippen LogP contribution >= 0.6 is 24.8 Å². The quantitative estimate of drug-likeness (QED) is 0.210. The molecule has 0 unspecified atom stereocenters. The van der Waals surface area contributed by atoms with Crippen LogP contribution in [0.25, 0.3) is 11.2 Å². The number of amides is 1. The number of piperidine rings is 1. The number of hydroxylamine groups is 2. The maximum Gasteiger partial charge on any atom is 0.573 e. The summed E-state index contributed by atoms with van der Waals surface area (Å²) in [5.74, 6) is 0.722. The van der Waals surface area contributed by atoms with Gasteiger partial charge in [-0.1, -0.05) is 25.0 Å². The van der Waals surface area contributed by atoms with Crippen molar-refractivity contribution in [3.05, 3.63) is 30.6 Å². The molecule has 0 atom stereocenters. The summed E-state index contributed by atoms with van der Waals surface area (Å²) in [6, 6.07) is 6.22. The zero-order valence-corrected chi connectivity index (χ0v) is 26.8. The number of anilines is 3. The van der Waals surface area contributed by atoms with Gasteiger partial charge in [-0.3, -0.25) is 5.32 Å². The lowest BCUT2D eigenvalue weighted by atomic mass is 9.92. The summed E-state index contributed by atoms with van der Waals surface area (Å²) >= 11 is 0. The topological polar surface area (TPSA) is 144 Å². The first-order valence-corrected chi connectivity index (χ1v) is 15.3. The van der Waals surface area contributed by atoms with Crippen molar-refractivity contribution in [3.8, 4) is 5.75 Å². The SMILES string of the molecule is Cl.Cl.N[C@H]1CC[C@H](Nc2nc(NC3CCN(OC(=O)Nc4ccccc4OC(F)(F)F)CC3)c3ncn(C4CCCC4)c3n2)CC1. The van der Waals surface area contributed by atoms with E-state index in [1.807, 2.05) is 6.33 Å². The molecule has 5 N–H and O–H groups in total. The van der Waals surface area contributed by atoms with Crippen LogP contribution in [-0.2, 0) is 4.84 Å².